The molecule has 0 atom stereocenters. The van der Waals surface area contributed by atoms with E-state index in [1.165, 1.54) is 0 Å². The lowest BCUT2D eigenvalue weighted by molar-refractivity contribution is 0.0908. The third-order valence-electron chi connectivity index (χ3n) is 3.94. The lowest BCUT2D eigenvalue weighted by Gasteiger charge is -2.19. The van der Waals surface area contributed by atoms with E-state index in [0.29, 0.717) is 11.2 Å². The van der Waals surface area contributed by atoms with Crippen LogP contribution in [-0.2, 0) is 0 Å². The molecule has 3 rings (SSSR count). The zero-order valence-corrected chi connectivity index (χ0v) is 17.3. The third kappa shape index (κ3) is 4.93. The van der Waals surface area contributed by atoms with E-state index in [-0.39, 0.29) is 29.4 Å². The van der Waals surface area contributed by atoms with E-state index in [0.717, 1.165) is 5.75 Å². The number of hydrogen-bond donors (Lipinski definition) is 2. The SMILES string of the molecule is CC(C)Oc1ccc(NC(=O)c2nc(C(=O)NC(C)(C)C)n3ccccc23)cc1. The molecule has 0 aliphatic carbocycles. The van der Waals surface area contributed by atoms with Gasteiger partial charge in [0.2, 0.25) is 5.82 Å². The number of carbonyl (C=O) groups is 2. The van der Waals surface area contributed by atoms with Crippen LogP contribution in [-0.4, -0.2) is 32.8 Å². The quantitative estimate of drug-likeness (QED) is 0.687. The van der Waals surface area contributed by atoms with Crippen LogP contribution < -0.4 is 15.4 Å². The molecule has 2 N–H and O–H groups in total. The van der Waals surface area contributed by atoms with Crippen molar-refractivity contribution < 1.29 is 14.3 Å². The molecule has 152 valence electrons. The van der Waals surface area contributed by atoms with Crippen molar-refractivity contribution in [2.45, 2.75) is 46.3 Å². The van der Waals surface area contributed by atoms with Gasteiger partial charge in [0.15, 0.2) is 5.69 Å². The lowest BCUT2D eigenvalue weighted by atomic mass is 10.1. The number of aromatic nitrogens is 2. The smallest absolute Gasteiger partial charge is 0.288 e. The minimum Gasteiger partial charge on any atom is -0.491 e. The monoisotopic (exact) mass is 394 g/mol. The number of hydrogen-bond acceptors (Lipinski definition) is 4. The summed E-state index contributed by atoms with van der Waals surface area (Å²) in [4.78, 5) is 29.9. The van der Waals surface area contributed by atoms with Gasteiger partial charge in [-0.2, -0.15) is 0 Å². The Morgan fingerprint density at radius 2 is 1.72 bits per heavy atom. The molecule has 0 radical (unpaired) electrons. The zero-order valence-electron chi connectivity index (χ0n) is 17.3. The predicted molar refractivity (Wildman–Crippen MR) is 113 cm³/mol. The van der Waals surface area contributed by atoms with Crippen LogP contribution in [0.25, 0.3) is 5.52 Å². The van der Waals surface area contributed by atoms with Crippen LogP contribution in [0.1, 0.15) is 55.7 Å². The Hall–Kier alpha value is -3.35. The molecular formula is C22H26N4O3. The van der Waals surface area contributed by atoms with E-state index in [2.05, 4.69) is 15.6 Å². The molecule has 7 nitrogen and oxygen atoms in total. The van der Waals surface area contributed by atoms with Gasteiger partial charge in [-0.05, 0) is 71.0 Å². The summed E-state index contributed by atoms with van der Waals surface area (Å²) >= 11 is 0. The topological polar surface area (TPSA) is 84.7 Å². The maximum Gasteiger partial charge on any atom is 0.288 e. The molecule has 0 aliphatic rings. The van der Waals surface area contributed by atoms with Crippen molar-refractivity contribution >= 4 is 23.0 Å². The first-order valence-corrected chi connectivity index (χ1v) is 9.52. The normalized spacial score (nSPS) is 11.5. The number of nitrogens with one attached hydrogen (secondary N) is 2. The fourth-order valence-corrected chi connectivity index (χ4v) is 2.84. The number of rotatable bonds is 5. The summed E-state index contributed by atoms with van der Waals surface area (Å²) in [7, 11) is 0. The number of anilines is 1. The second kappa shape index (κ2) is 7.95. The van der Waals surface area contributed by atoms with Gasteiger partial charge >= 0.3 is 0 Å². The second-order valence-electron chi connectivity index (χ2n) is 8.09. The van der Waals surface area contributed by atoms with E-state index in [1.807, 2.05) is 34.6 Å². The highest BCUT2D eigenvalue weighted by atomic mass is 16.5. The molecule has 2 amide bonds. The largest absolute Gasteiger partial charge is 0.491 e. The summed E-state index contributed by atoms with van der Waals surface area (Å²) in [6.07, 6.45) is 1.79. The molecule has 2 aromatic heterocycles. The van der Waals surface area contributed by atoms with Crippen molar-refractivity contribution in [1.29, 1.82) is 0 Å². The van der Waals surface area contributed by atoms with Gasteiger partial charge in [0, 0.05) is 17.4 Å². The third-order valence-corrected chi connectivity index (χ3v) is 3.94. The molecule has 0 bridgehead atoms. The number of nitrogens with zero attached hydrogens (tertiary/aromatic N) is 2. The molecule has 29 heavy (non-hydrogen) atoms. The van der Waals surface area contributed by atoms with Crippen molar-refractivity contribution in [3.63, 3.8) is 0 Å². The maximum atomic E-state index is 12.9. The number of amides is 2. The Labute approximate surface area is 170 Å². The fourth-order valence-electron chi connectivity index (χ4n) is 2.84. The molecule has 0 fully saturated rings. The van der Waals surface area contributed by atoms with Crippen molar-refractivity contribution in [2.24, 2.45) is 0 Å². The van der Waals surface area contributed by atoms with Gasteiger partial charge in [0.1, 0.15) is 5.75 Å². The van der Waals surface area contributed by atoms with Crippen LogP contribution in [0.15, 0.2) is 48.7 Å². The summed E-state index contributed by atoms with van der Waals surface area (Å²) in [6.45, 7) is 9.57. The van der Waals surface area contributed by atoms with Crippen LogP contribution in [0, 0.1) is 0 Å². The van der Waals surface area contributed by atoms with E-state index >= 15 is 0 Å². The number of benzene rings is 1. The van der Waals surface area contributed by atoms with Crippen LogP contribution in [0.2, 0.25) is 0 Å². The van der Waals surface area contributed by atoms with E-state index in [4.69, 9.17) is 4.74 Å². The Morgan fingerprint density at radius 1 is 1.03 bits per heavy atom. The van der Waals surface area contributed by atoms with E-state index in [1.54, 1.807) is 53.1 Å². The van der Waals surface area contributed by atoms with Crippen molar-refractivity contribution in [1.82, 2.24) is 14.7 Å². The summed E-state index contributed by atoms with van der Waals surface area (Å²) < 4.78 is 7.23. The Morgan fingerprint density at radius 3 is 2.34 bits per heavy atom. The molecule has 0 aliphatic heterocycles. The molecule has 0 spiro atoms. The summed E-state index contributed by atoms with van der Waals surface area (Å²) in [5.74, 6) is 0.168. The molecule has 1 aromatic carbocycles. The molecule has 2 heterocycles. The zero-order chi connectivity index (χ0) is 21.2. The van der Waals surface area contributed by atoms with Gasteiger partial charge in [0.25, 0.3) is 11.8 Å². The average molecular weight is 394 g/mol. The first-order valence-electron chi connectivity index (χ1n) is 9.52. The van der Waals surface area contributed by atoms with Gasteiger partial charge in [0.05, 0.1) is 11.6 Å². The summed E-state index contributed by atoms with van der Waals surface area (Å²) in [6, 6.07) is 12.5. The number of fused-ring (bicyclic) bond motifs is 1. The number of imidazole rings is 1. The first-order chi connectivity index (χ1) is 13.6. The molecule has 0 unspecified atom stereocenters. The standard InChI is InChI=1S/C22H26N4O3/c1-14(2)29-16-11-9-15(10-12-16)23-20(27)18-17-8-6-7-13-26(17)19(24-18)21(28)25-22(3,4)5/h6-14H,1-5H3,(H,23,27)(H,25,28). The Kier molecular flexibility index (Phi) is 5.59. The number of ether oxygens (including phenoxy) is 1. The minimum absolute atomic E-state index is 0.0741. The summed E-state index contributed by atoms with van der Waals surface area (Å²) in [5, 5.41) is 5.71. The van der Waals surface area contributed by atoms with Crippen LogP contribution in [0.5, 0.6) is 5.75 Å². The van der Waals surface area contributed by atoms with Crippen LogP contribution in [0.4, 0.5) is 5.69 Å². The first kappa shape index (κ1) is 20.4. The van der Waals surface area contributed by atoms with Crippen LogP contribution in [0.3, 0.4) is 0 Å². The van der Waals surface area contributed by atoms with Crippen molar-refractivity contribution in [3.8, 4) is 5.75 Å². The van der Waals surface area contributed by atoms with Gasteiger partial charge in [-0.25, -0.2) is 4.98 Å². The summed E-state index contributed by atoms with van der Waals surface area (Å²) in [5.41, 5.74) is 0.944. The Balaban J connectivity index is 1.87. The molecule has 7 heteroatoms. The van der Waals surface area contributed by atoms with Crippen molar-refractivity contribution in [3.05, 3.63) is 60.2 Å². The number of pyridine rings is 1. The van der Waals surface area contributed by atoms with E-state index in [9.17, 15) is 9.59 Å². The maximum absolute atomic E-state index is 12.9. The highest BCUT2D eigenvalue weighted by Gasteiger charge is 2.24. The highest BCUT2D eigenvalue weighted by molar-refractivity contribution is 6.09. The minimum atomic E-state index is -0.417. The number of carbonyl (C=O) groups excluding carboxylic acids is 2. The van der Waals surface area contributed by atoms with Crippen LogP contribution >= 0.6 is 0 Å². The van der Waals surface area contributed by atoms with Gasteiger partial charge in [-0.1, -0.05) is 6.07 Å². The van der Waals surface area contributed by atoms with Crippen molar-refractivity contribution in [2.75, 3.05) is 5.32 Å². The molecule has 0 saturated heterocycles. The Bertz CT molecular complexity index is 1030. The molecular weight excluding hydrogens is 368 g/mol. The molecule has 3 aromatic rings. The second-order valence-corrected chi connectivity index (χ2v) is 8.09. The average Bonchev–Trinajstić information content (AvgIpc) is 3.01. The van der Waals surface area contributed by atoms with Gasteiger partial charge in [-0.15, -0.1) is 0 Å². The molecule has 0 saturated carbocycles. The predicted octanol–water partition coefficient (Wildman–Crippen LogP) is 3.90. The van der Waals surface area contributed by atoms with Gasteiger partial charge in [-0.3, -0.25) is 14.0 Å². The van der Waals surface area contributed by atoms with E-state index < -0.39 is 5.54 Å². The lowest BCUT2D eigenvalue weighted by Crippen LogP contribution is -2.41. The fraction of sp³-hybridized carbons (Fsp3) is 0.318. The highest BCUT2D eigenvalue weighted by Crippen LogP contribution is 2.19. The van der Waals surface area contributed by atoms with Gasteiger partial charge < -0.3 is 15.4 Å².